The molecule has 0 fully saturated rings. The van der Waals surface area contributed by atoms with Crippen molar-refractivity contribution in [2.75, 3.05) is 14.2 Å². The molecule has 0 aromatic heterocycles. The lowest BCUT2D eigenvalue weighted by atomic mass is 9.71. The number of hydrogen-bond donors (Lipinski definition) is 1. The van der Waals surface area contributed by atoms with Crippen LogP contribution in [0.4, 0.5) is 4.39 Å². The first-order valence-electron chi connectivity index (χ1n) is 8.95. The van der Waals surface area contributed by atoms with Gasteiger partial charge in [-0.1, -0.05) is 40.2 Å². The van der Waals surface area contributed by atoms with Crippen molar-refractivity contribution in [1.29, 1.82) is 0 Å². The first kappa shape index (κ1) is 21.6. The van der Waals surface area contributed by atoms with Gasteiger partial charge in [-0.05, 0) is 23.8 Å². The Bertz CT molecular complexity index is 1060. The van der Waals surface area contributed by atoms with E-state index >= 15 is 0 Å². The molecule has 1 unspecified atom stereocenters. The molecule has 0 spiro atoms. The van der Waals surface area contributed by atoms with Crippen molar-refractivity contribution < 1.29 is 28.3 Å². The highest BCUT2D eigenvalue weighted by molar-refractivity contribution is 9.10. The number of rotatable bonds is 5. The highest BCUT2D eigenvalue weighted by Crippen LogP contribution is 2.39. The zero-order valence-corrected chi connectivity index (χ0v) is 17.8. The van der Waals surface area contributed by atoms with Gasteiger partial charge >= 0.3 is 5.97 Å². The van der Waals surface area contributed by atoms with E-state index in [0.717, 1.165) is 12.0 Å². The Kier molecular flexibility index (Phi) is 6.02. The van der Waals surface area contributed by atoms with Gasteiger partial charge in [-0.3, -0.25) is 24.1 Å². The number of imide groups is 1. The van der Waals surface area contributed by atoms with E-state index in [1.54, 1.807) is 18.2 Å². The summed E-state index contributed by atoms with van der Waals surface area (Å²) in [5.74, 6) is -3.82. The zero-order chi connectivity index (χ0) is 22.1. The minimum absolute atomic E-state index is 0.0731. The molecule has 156 valence electrons. The van der Waals surface area contributed by atoms with Crippen LogP contribution in [0, 0.1) is 5.82 Å². The lowest BCUT2D eigenvalue weighted by molar-refractivity contribution is -0.158. The average Bonchev–Trinajstić information content (AvgIpc) is 2.74. The number of methoxy groups -OCH3 is 1. The van der Waals surface area contributed by atoms with Crippen molar-refractivity contribution in [3.05, 3.63) is 69.4 Å². The van der Waals surface area contributed by atoms with E-state index in [0.29, 0.717) is 4.47 Å². The van der Waals surface area contributed by atoms with Gasteiger partial charge in [0.25, 0.3) is 11.8 Å². The molecule has 1 aliphatic heterocycles. The van der Waals surface area contributed by atoms with Crippen LogP contribution in [-0.4, -0.2) is 42.7 Å². The van der Waals surface area contributed by atoms with E-state index in [-0.39, 0.29) is 16.7 Å². The number of carbonyl (C=O) groups is 4. The summed E-state index contributed by atoms with van der Waals surface area (Å²) >= 11 is 3.16. The molecule has 0 saturated carbocycles. The Balaban J connectivity index is 2.20. The van der Waals surface area contributed by atoms with E-state index in [2.05, 4.69) is 21.2 Å². The van der Waals surface area contributed by atoms with Crippen LogP contribution < -0.4 is 5.32 Å². The Hall–Kier alpha value is -3.07. The molecule has 3 rings (SSSR count). The van der Waals surface area contributed by atoms with E-state index in [1.165, 1.54) is 31.3 Å². The van der Waals surface area contributed by atoms with E-state index in [1.807, 2.05) is 0 Å². The summed E-state index contributed by atoms with van der Waals surface area (Å²) in [6.45, 7) is -0.405. The fourth-order valence-corrected chi connectivity index (χ4v) is 3.87. The Morgan fingerprint density at radius 2 is 1.90 bits per heavy atom. The number of nitrogens with one attached hydrogen (secondary N) is 1. The van der Waals surface area contributed by atoms with Crippen LogP contribution >= 0.6 is 15.9 Å². The number of amides is 3. The lowest BCUT2D eigenvalue weighted by Crippen LogP contribution is -2.59. The largest absolute Gasteiger partial charge is 0.468 e. The summed E-state index contributed by atoms with van der Waals surface area (Å²) in [5.41, 5.74) is -1.82. The number of carbonyl (C=O) groups excluding carboxylic acids is 4. The summed E-state index contributed by atoms with van der Waals surface area (Å²) in [7, 11) is 2.46. The van der Waals surface area contributed by atoms with Gasteiger partial charge in [-0.2, -0.15) is 0 Å². The summed E-state index contributed by atoms with van der Waals surface area (Å²) in [5, 5.41) is 2.39. The monoisotopic (exact) mass is 476 g/mol. The van der Waals surface area contributed by atoms with Crippen molar-refractivity contribution in [1.82, 2.24) is 10.2 Å². The molecule has 0 radical (unpaired) electrons. The molecule has 2 aromatic carbocycles. The summed E-state index contributed by atoms with van der Waals surface area (Å²) < 4.78 is 19.8. The van der Waals surface area contributed by atoms with Gasteiger partial charge in [0, 0.05) is 22.6 Å². The number of fused-ring (bicyclic) bond motifs is 1. The van der Waals surface area contributed by atoms with Crippen LogP contribution in [0.15, 0.2) is 46.9 Å². The van der Waals surface area contributed by atoms with Crippen LogP contribution in [0.2, 0.25) is 0 Å². The molecule has 3 amide bonds. The van der Waals surface area contributed by atoms with Crippen molar-refractivity contribution in [3.8, 4) is 0 Å². The maximum absolute atomic E-state index is 14.4. The third-order valence-corrected chi connectivity index (χ3v) is 5.55. The van der Waals surface area contributed by atoms with Gasteiger partial charge in [0.15, 0.2) is 5.41 Å². The molecule has 2 aromatic rings. The quantitative estimate of drug-likeness (QED) is 0.406. The number of nitrogens with zero attached hydrogens (tertiary/aromatic N) is 1. The smallest absolute Gasteiger partial charge is 0.326 e. The maximum Gasteiger partial charge on any atom is 0.326 e. The molecule has 1 heterocycles. The van der Waals surface area contributed by atoms with E-state index in [4.69, 9.17) is 4.74 Å². The molecule has 1 aliphatic rings. The third kappa shape index (κ3) is 3.49. The number of halogens is 2. The first-order valence-corrected chi connectivity index (χ1v) is 9.74. The Morgan fingerprint density at radius 1 is 1.20 bits per heavy atom. The van der Waals surface area contributed by atoms with Crippen molar-refractivity contribution in [3.63, 3.8) is 0 Å². The molecular formula is C21H18BrFN2O5. The lowest BCUT2D eigenvalue weighted by Gasteiger charge is -2.39. The standard InChI is InChI=1S/C21H18BrFN2O5/c1-24-17(26)10-21(20(29)30-2)15-6-4-3-5-14(15)18(27)25(19(21)28)11-12-7-8-13(22)9-16(12)23/h3-9H,10-11H2,1-2H3,(H,24,26). The number of ether oxygens (including phenoxy) is 1. The molecular weight excluding hydrogens is 459 g/mol. The van der Waals surface area contributed by atoms with E-state index in [9.17, 15) is 23.6 Å². The molecule has 1 N–H and O–H groups in total. The second kappa shape index (κ2) is 8.35. The topological polar surface area (TPSA) is 92.8 Å². The minimum Gasteiger partial charge on any atom is -0.468 e. The van der Waals surface area contributed by atoms with Gasteiger partial charge < -0.3 is 10.1 Å². The van der Waals surface area contributed by atoms with Gasteiger partial charge in [0.1, 0.15) is 5.82 Å². The summed E-state index contributed by atoms with van der Waals surface area (Å²) in [6, 6.07) is 10.2. The van der Waals surface area contributed by atoms with Gasteiger partial charge in [-0.15, -0.1) is 0 Å². The van der Waals surface area contributed by atoms with Gasteiger partial charge in [-0.25, -0.2) is 4.39 Å². The Labute approximate surface area is 180 Å². The highest BCUT2D eigenvalue weighted by Gasteiger charge is 2.57. The fraction of sp³-hybridized carbons (Fsp3) is 0.238. The second-order valence-corrected chi connectivity index (χ2v) is 7.64. The van der Waals surface area contributed by atoms with Crippen LogP contribution in [0.25, 0.3) is 0 Å². The normalized spacial score (nSPS) is 18.1. The molecule has 7 nitrogen and oxygen atoms in total. The minimum atomic E-state index is -2.06. The van der Waals surface area contributed by atoms with Crippen molar-refractivity contribution in [2.24, 2.45) is 0 Å². The SMILES string of the molecule is CNC(=O)CC1(C(=O)OC)C(=O)N(Cc2ccc(Br)cc2F)C(=O)c2ccccc21. The summed E-state index contributed by atoms with van der Waals surface area (Å²) in [6.07, 6.45) is -0.557. The van der Waals surface area contributed by atoms with Crippen LogP contribution in [0.1, 0.15) is 27.9 Å². The predicted octanol–water partition coefficient (Wildman–Crippen LogP) is 2.32. The van der Waals surface area contributed by atoms with E-state index < -0.39 is 47.9 Å². The van der Waals surface area contributed by atoms with Crippen molar-refractivity contribution in [2.45, 2.75) is 18.4 Å². The van der Waals surface area contributed by atoms with Gasteiger partial charge in [0.2, 0.25) is 5.91 Å². The van der Waals surface area contributed by atoms with Crippen molar-refractivity contribution >= 4 is 39.6 Å². The third-order valence-electron chi connectivity index (χ3n) is 5.05. The fourth-order valence-electron chi connectivity index (χ4n) is 3.53. The molecule has 9 heteroatoms. The second-order valence-electron chi connectivity index (χ2n) is 6.72. The predicted molar refractivity (Wildman–Crippen MR) is 108 cm³/mol. The molecule has 1 atom stereocenters. The first-order chi connectivity index (χ1) is 14.3. The molecule has 30 heavy (non-hydrogen) atoms. The summed E-state index contributed by atoms with van der Waals surface area (Å²) in [4.78, 5) is 52.6. The number of hydrogen-bond acceptors (Lipinski definition) is 5. The van der Waals surface area contributed by atoms with Crippen LogP contribution in [0.3, 0.4) is 0 Å². The molecule has 0 saturated heterocycles. The van der Waals surface area contributed by atoms with Crippen LogP contribution in [0.5, 0.6) is 0 Å². The Morgan fingerprint density at radius 3 is 2.53 bits per heavy atom. The number of esters is 1. The zero-order valence-electron chi connectivity index (χ0n) is 16.2. The molecule has 0 aliphatic carbocycles. The average molecular weight is 477 g/mol. The van der Waals surface area contributed by atoms with Crippen LogP contribution in [-0.2, 0) is 31.1 Å². The maximum atomic E-state index is 14.4. The van der Waals surface area contributed by atoms with Gasteiger partial charge in [0.05, 0.1) is 20.1 Å². The molecule has 0 bridgehead atoms. The highest BCUT2D eigenvalue weighted by atomic mass is 79.9. The number of benzene rings is 2.